The molecule has 0 spiro atoms. The zero-order chi connectivity index (χ0) is 19.7. The van der Waals surface area contributed by atoms with E-state index in [4.69, 9.17) is 9.63 Å². The molecule has 27 heavy (non-hydrogen) atoms. The van der Waals surface area contributed by atoms with Crippen LogP contribution in [-0.2, 0) is 11.2 Å². The Morgan fingerprint density at radius 3 is 2.67 bits per heavy atom. The number of aryl methyl sites for hydroxylation is 1. The van der Waals surface area contributed by atoms with Crippen LogP contribution in [-0.4, -0.2) is 27.1 Å². The number of carbonyl (C=O) groups is 2. The van der Waals surface area contributed by atoms with Crippen LogP contribution in [0.2, 0.25) is 0 Å². The van der Waals surface area contributed by atoms with E-state index >= 15 is 0 Å². The molecular formula is C19H18FN3O4. The molecule has 3 rings (SSSR count). The highest BCUT2D eigenvalue weighted by Gasteiger charge is 2.20. The Bertz CT molecular complexity index is 1040. The first-order chi connectivity index (χ1) is 12.8. The number of aliphatic carboxylic acids is 1. The van der Waals surface area contributed by atoms with Crippen LogP contribution < -0.4 is 5.32 Å². The molecule has 8 heteroatoms. The van der Waals surface area contributed by atoms with E-state index in [0.717, 1.165) is 6.07 Å². The number of rotatable bonds is 5. The Morgan fingerprint density at radius 1 is 1.30 bits per heavy atom. The first-order valence-corrected chi connectivity index (χ1v) is 8.34. The average Bonchev–Trinajstić information content (AvgIpc) is 2.97. The van der Waals surface area contributed by atoms with Crippen molar-refractivity contribution in [3.05, 3.63) is 52.6 Å². The molecule has 0 saturated heterocycles. The van der Waals surface area contributed by atoms with E-state index in [2.05, 4.69) is 15.5 Å². The quantitative estimate of drug-likeness (QED) is 0.709. The first kappa shape index (κ1) is 18.5. The summed E-state index contributed by atoms with van der Waals surface area (Å²) in [6, 6.07) is 5.56. The Hall–Kier alpha value is -3.29. The Balaban J connectivity index is 1.95. The number of benzene rings is 1. The Morgan fingerprint density at radius 2 is 2.04 bits per heavy atom. The summed E-state index contributed by atoms with van der Waals surface area (Å²) in [5, 5.41) is 15.8. The number of hydrogen-bond donors (Lipinski definition) is 2. The number of nitrogens with zero attached hydrogens (tertiary/aromatic N) is 2. The minimum absolute atomic E-state index is 0.0452. The maximum Gasteiger partial charge on any atom is 0.307 e. The number of halogens is 1. The third-order valence-corrected chi connectivity index (χ3v) is 4.13. The van der Waals surface area contributed by atoms with Gasteiger partial charge in [-0.1, -0.05) is 25.1 Å². The smallest absolute Gasteiger partial charge is 0.307 e. The second-order valence-corrected chi connectivity index (χ2v) is 6.53. The van der Waals surface area contributed by atoms with Gasteiger partial charge in [0.2, 0.25) is 0 Å². The molecule has 3 aromatic rings. The summed E-state index contributed by atoms with van der Waals surface area (Å²) in [7, 11) is 0. The van der Waals surface area contributed by atoms with Gasteiger partial charge in [0.25, 0.3) is 11.6 Å². The molecule has 2 heterocycles. The van der Waals surface area contributed by atoms with Crippen LogP contribution in [0.25, 0.3) is 11.1 Å². The molecule has 0 aliphatic carbocycles. The van der Waals surface area contributed by atoms with Gasteiger partial charge < -0.3 is 14.9 Å². The topological polar surface area (TPSA) is 105 Å². The van der Waals surface area contributed by atoms with Crippen LogP contribution in [0, 0.1) is 12.7 Å². The third-order valence-electron chi connectivity index (χ3n) is 4.13. The van der Waals surface area contributed by atoms with Crippen molar-refractivity contribution in [2.45, 2.75) is 33.1 Å². The fraction of sp³-hybridized carbons (Fsp3) is 0.263. The molecule has 0 saturated carbocycles. The van der Waals surface area contributed by atoms with Gasteiger partial charge in [-0.25, -0.2) is 9.37 Å². The Kier molecular flexibility index (Phi) is 4.89. The van der Waals surface area contributed by atoms with Gasteiger partial charge in [0.15, 0.2) is 0 Å². The average molecular weight is 371 g/mol. The van der Waals surface area contributed by atoms with Gasteiger partial charge >= 0.3 is 5.97 Å². The van der Waals surface area contributed by atoms with E-state index in [1.807, 2.05) is 13.8 Å². The van der Waals surface area contributed by atoms with E-state index in [1.165, 1.54) is 12.1 Å². The van der Waals surface area contributed by atoms with Crippen LogP contribution in [0.3, 0.4) is 0 Å². The molecule has 0 aliphatic rings. The van der Waals surface area contributed by atoms with E-state index < -0.39 is 24.1 Å². The van der Waals surface area contributed by atoms with Gasteiger partial charge in [0.05, 0.1) is 23.1 Å². The second-order valence-electron chi connectivity index (χ2n) is 6.53. The number of aromatic nitrogens is 2. The summed E-state index contributed by atoms with van der Waals surface area (Å²) in [4.78, 5) is 27.9. The van der Waals surface area contributed by atoms with Gasteiger partial charge in [-0.3, -0.25) is 9.59 Å². The molecule has 0 atom stereocenters. The number of fused-ring (bicyclic) bond motifs is 1. The number of anilines is 1. The van der Waals surface area contributed by atoms with Crippen LogP contribution in [0.1, 0.15) is 47.1 Å². The SMILES string of the molecule is Cc1noc2nc(C(C)C)cc(C(=O)Nc3ccc(CC(=O)O)c(F)c3)c12. The molecule has 0 fully saturated rings. The maximum atomic E-state index is 14.1. The van der Waals surface area contributed by atoms with Crippen molar-refractivity contribution < 1.29 is 23.6 Å². The van der Waals surface area contributed by atoms with Crippen molar-refractivity contribution in [3.8, 4) is 0 Å². The van der Waals surface area contributed by atoms with E-state index in [1.54, 1.807) is 13.0 Å². The summed E-state index contributed by atoms with van der Waals surface area (Å²) >= 11 is 0. The molecule has 2 aromatic heterocycles. The van der Waals surface area contributed by atoms with Crippen LogP contribution >= 0.6 is 0 Å². The van der Waals surface area contributed by atoms with Crippen LogP contribution in [0.5, 0.6) is 0 Å². The standard InChI is InChI=1S/C19H18FN3O4/c1-9(2)15-8-13(17-10(3)23-27-19(17)22-15)18(26)21-12-5-4-11(6-16(24)25)14(20)7-12/h4-5,7-9H,6H2,1-3H3,(H,21,26)(H,24,25). The molecule has 140 valence electrons. The van der Waals surface area contributed by atoms with E-state index in [0.29, 0.717) is 22.3 Å². The molecule has 7 nitrogen and oxygen atoms in total. The Labute approximate surface area is 154 Å². The predicted molar refractivity (Wildman–Crippen MR) is 96.3 cm³/mol. The summed E-state index contributed by atoms with van der Waals surface area (Å²) < 4.78 is 19.2. The molecule has 2 N–H and O–H groups in total. The lowest BCUT2D eigenvalue weighted by Crippen LogP contribution is -2.14. The van der Waals surface area contributed by atoms with Crippen molar-refractivity contribution in [2.24, 2.45) is 0 Å². The summed E-state index contributed by atoms with van der Waals surface area (Å²) in [5.41, 5.74) is 2.07. The van der Waals surface area contributed by atoms with Crippen molar-refractivity contribution in [1.82, 2.24) is 10.1 Å². The van der Waals surface area contributed by atoms with Gasteiger partial charge in [0, 0.05) is 11.4 Å². The van der Waals surface area contributed by atoms with Crippen molar-refractivity contribution in [3.63, 3.8) is 0 Å². The van der Waals surface area contributed by atoms with Crippen molar-refractivity contribution in [1.29, 1.82) is 0 Å². The summed E-state index contributed by atoms with van der Waals surface area (Å²) in [6.07, 6.45) is -0.428. The number of carboxylic acids is 1. The highest BCUT2D eigenvalue weighted by molar-refractivity contribution is 6.12. The number of hydrogen-bond acceptors (Lipinski definition) is 5. The normalized spacial score (nSPS) is 11.1. The minimum Gasteiger partial charge on any atom is -0.481 e. The van der Waals surface area contributed by atoms with Gasteiger partial charge in [0.1, 0.15) is 5.82 Å². The van der Waals surface area contributed by atoms with Gasteiger partial charge in [-0.2, -0.15) is 0 Å². The first-order valence-electron chi connectivity index (χ1n) is 8.34. The number of carbonyl (C=O) groups excluding carboxylic acids is 1. The summed E-state index contributed by atoms with van der Waals surface area (Å²) in [6.45, 7) is 5.59. The summed E-state index contributed by atoms with van der Waals surface area (Å²) in [5.74, 6) is -2.21. The van der Waals surface area contributed by atoms with Crippen molar-refractivity contribution in [2.75, 3.05) is 5.32 Å². The van der Waals surface area contributed by atoms with Gasteiger partial charge in [-0.15, -0.1) is 0 Å². The monoisotopic (exact) mass is 371 g/mol. The fourth-order valence-corrected chi connectivity index (χ4v) is 2.72. The van der Waals surface area contributed by atoms with Crippen LogP contribution in [0.4, 0.5) is 10.1 Å². The van der Waals surface area contributed by atoms with E-state index in [-0.39, 0.29) is 22.9 Å². The number of pyridine rings is 1. The number of nitrogens with one attached hydrogen (secondary N) is 1. The molecular weight excluding hydrogens is 353 g/mol. The minimum atomic E-state index is -1.13. The lowest BCUT2D eigenvalue weighted by atomic mass is 10.0. The molecule has 0 aliphatic heterocycles. The molecule has 1 aromatic carbocycles. The lowest BCUT2D eigenvalue weighted by molar-refractivity contribution is -0.136. The highest BCUT2D eigenvalue weighted by Crippen LogP contribution is 2.26. The molecule has 0 radical (unpaired) electrons. The molecule has 0 bridgehead atoms. The largest absolute Gasteiger partial charge is 0.481 e. The maximum absolute atomic E-state index is 14.1. The second kappa shape index (κ2) is 7.14. The van der Waals surface area contributed by atoms with E-state index in [9.17, 15) is 14.0 Å². The predicted octanol–water partition coefficient (Wildman–Crippen LogP) is 3.67. The lowest BCUT2D eigenvalue weighted by Gasteiger charge is -2.10. The zero-order valence-corrected chi connectivity index (χ0v) is 15.0. The molecule has 0 unspecified atom stereocenters. The highest BCUT2D eigenvalue weighted by atomic mass is 19.1. The van der Waals surface area contributed by atoms with Crippen molar-refractivity contribution >= 4 is 28.7 Å². The number of carboxylic acid groups (broad SMARTS) is 1. The van der Waals surface area contributed by atoms with Gasteiger partial charge in [-0.05, 0) is 36.6 Å². The number of amides is 1. The fourth-order valence-electron chi connectivity index (χ4n) is 2.72. The zero-order valence-electron chi connectivity index (χ0n) is 15.0. The van der Waals surface area contributed by atoms with Crippen LogP contribution in [0.15, 0.2) is 28.8 Å². The molecule has 1 amide bonds. The third kappa shape index (κ3) is 3.79.